The molecule has 5 rings (SSSR count). The second kappa shape index (κ2) is 5.35. The van der Waals surface area contributed by atoms with E-state index in [1.807, 2.05) is 0 Å². The topological polar surface area (TPSA) is 9.23 Å². The number of hydrogen-bond acceptors (Lipinski definition) is 1. The second-order valence-electron chi connectivity index (χ2n) is 6.96. The molecule has 0 saturated heterocycles. The van der Waals surface area contributed by atoms with Crippen LogP contribution in [0, 0.1) is 0 Å². The smallest absolute Gasteiger partial charge is 0.138 e. The van der Waals surface area contributed by atoms with Gasteiger partial charge in [0.2, 0.25) is 0 Å². The van der Waals surface area contributed by atoms with Crippen LogP contribution in [0.2, 0.25) is 0 Å². The molecule has 0 bridgehead atoms. The first kappa shape index (κ1) is 14.5. The maximum absolute atomic E-state index is 6.51. The van der Waals surface area contributed by atoms with Gasteiger partial charge in [-0.25, -0.2) is 0 Å². The minimum atomic E-state index is 0.483. The van der Waals surface area contributed by atoms with Gasteiger partial charge in [-0.2, -0.15) is 0 Å². The SMILES string of the molecule is CCC(C)c1cccc2c1Oc1cc3ccccc3c3cccc-2c13. The normalized spacial score (nSPS) is 13.5. The fourth-order valence-electron chi connectivity index (χ4n) is 4.03. The molecule has 1 nitrogen and oxygen atoms in total. The highest BCUT2D eigenvalue weighted by molar-refractivity contribution is 6.16. The summed E-state index contributed by atoms with van der Waals surface area (Å²) in [6.07, 6.45) is 1.11. The number of rotatable bonds is 2. The summed E-state index contributed by atoms with van der Waals surface area (Å²) in [6, 6.07) is 23.9. The van der Waals surface area contributed by atoms with Crippen molar-refractivity contribution in [3.63, 3.8) is 0 Å². The van der Waals surface area contributed by atoms with Crippen LogP contribution in [0.5, 0.6) is 11.5 Å². The van der Waals surface area contributed by atoms with Crippen LogP contribution in [0.4, 0.5) is 0 Å². The summed E-state index contributed by atoms with van der Waals surface area (Å²) in [6.45, 7) is 4.50. The Hall–Kier alpha value is -2.80. The summed E-state index contributed by atoms with van der Waals surface area (Å²) in [5.41, 5.74) is 3.80. The minimum absolute atomic E-state index is 0.483. The van der Waals surface area contributed by atoms with Gasteiger partial charge in [-0.15, -0.1) is 0 Å². The van der Waals surface area contributed by atoms with Crippen LogP contribution in [0.25, 0.3) is 32.7 Å². The van der Waals surface area contributed by atoms with Gasteiger partial charge in [0, 0.05) is 10.9 Å². The molecule has 0 radical (unpaired) electrons. The summed E-state index contributed by atoms with van der Waals surface area (Å²) >= 11 is 0. The molecule has 0 amide bonds. The summed E-state index contributed by atoms with van der Waals surface area (Å²) in [4.78, 5) is 0. The maximum Gasteiger partial charge on any atom is 0.138 e. The zero-order chi connectivity index (χ0) is 17.0. The Labute approximate surface area is 147 Å². The molecular formula is C24H20O. The lowest BCUT2D eigenvalue weighted by atomic mass is 9.88. The lowest BCUT2D eigenvalue weighted by molar-refractivity contribution is 0.475. The van der Waals surface area contributed by atoms with Crippen molar-refractivity contribution in [2.24, 2.45) is 0 Å². The molecule has 1 atom stereocenters. The van der Waals surface area contributed by atoms with Crippen molar-refractivity contribution in [2.75, 3.05) is 0 Å². The van der Waals surface area contributed by atoms with Crippen molar-refractivity contribution in [1.29, 1.82) is 0 Å². The van der Waals surface area contributed by atoms with Crippen molar-refractivity contribution in [3.8, 4) is 22.6 Å². The molecule has 1 heteroatoms. The van der Waals surface area contributed by atoms with Gasteiger partial charge < -0.3 is 4.74 Å². The predicted molar refractivity (Wildman–Crippen MR) is 106 cm³/mol. The van der Waals surface area contributed by atoms with E-state index in [9.17, 15) is 0 Å². The third-order valence-corrected chi connectivity index (χ3v) is 5.54. The Bertz CT molecular complexity index is 1120. The average molecular weight is 324 g/mol. The largest absolute Gasteiger partial charge is 0.456 e. The van der Waals surface area contributed by atoms with E-state index in [-0.39, 0.29) is 0 Å². The molecule has 4 aromatic rings. The van der Waals surface area contributed by atoms with Gasteiger partial charge in [-0.3, -0.25) is 0 Å². The molecule has 122 valence electrons. The summed E-state index contributed by atoms with van der Waals surface area (Å²) in [5, 5.41) is 5.01. The van der Waals surface area contributed by atoms with E-state index in [1.54, 1.807) is 0 Å². The van der Waals surface area contributed by atoms with Crippen LogP contribution in [0.15, 0.2) is 66.7 Å². The molecule has 0 saturated carbocycles. The highest BCUT2D eigenvalue weighted by atomic mass is 16.5. The van der Waals surface area contributed by atoms with E-state index in [0.29, 0.717) is 5.92 Å². The molecule has 0 N–H and O–H groups in total. The number of benzene rings is 4. The standard InChI is InChI=1S/C24H20O/c1-3-15(2)17-10-6-13-21-20-12-7-11-19-18-9-5-4-8-16(18)14-22(23(19)20)25-24(17)21/h4-15H,3H2,1-2H3. The Morgan fingerprint density at radius 1 is 0.840 bits per heavy atom. The first-order valence-corrected chi connectivity index (χ1v) is 9.03. The Balaban J connectivity index is 1.90. The molecule has 25 heavy (non-hydrogen) atoms. The molecule has 1 unspecified atom stereocenters. The van der Waals surface area contributed by atoms with E-state index >= 15 is 0 Å². The second-order valence-corrected chi connectivity index (χ2v) is 6.96. The van der Waals surface area contributed by atoms with Gasteiger partial charge >= 0.3 is 0 Å². The summed E-state index contributed by atoms with van der Waals surface area (Å²) in [5.74, 6) is 2.50. The van der Waals surface area contributed by atoms with E-state index in [1.165, 1.54) is 38.2 Å². The summed E-state index contributed by atoms with van der Waals surface area (Å²) in [7, 11) is 0. The van der Waals surface area contributed by atoms with Gasteiger partial charge in [0.05, 0.1) is 0 Å². The monoisotopic (exact) mass is 324 g/mol. The number of fused-ring (bicyclic) bond motifs is 4. The van der Waals surface area contributed by atoms with Crippen LogP contribution in [-0.2, 0) is 0 Å². The van der Waals surface area contributed by atoms with Gasteiger partial charge in [-0.05, 0) is 45.7 Å². The molecule has 1 heterocycles. The van der Waals surface area contributed by atoms with Crippen molar-refractivity contribution in [2.45, 2.75) is 26.2 Å². The van der Waals surface area contributed by atoms with Gasteiger partial charge in [0.15, 0.2) is 0 Å². The molecule has 0 spiro atoms. The van der Waals surface area contributed by atoms with E-state index < -0.39 is 0 Å². The molecule has 0 fully saturated rings. The predicted octanol–water partition coefficient (Wildman–Crippen LogP) is 7.28. The highest BCUT2D eigenvalue weighted by Crippen LogP contribution is 2.50. The first-order chi connectivity index (χ1) is 12.3. The van der Waals surface area contributed by atoms with Gasteiger partial charge in [-0.1, -0.05) is 74.5 Å². The van der Waals surface area contributed by atoms with E-state index in [2.05, 4.69) is 80.6 Å². The van der Waals surface area contributed by atoms with Crippen molar-refractivity contribution >= 4 is 21.5 Å². The van der Waals surface area contributed by atoms with Crippen molar-refractivity contribution < 1.29 is 4.74 Å². The first-order valence-electron chi connectivity index (χ1n) is 9.03. The number of hydrogen-bond donors (Lipinski definition) is 0. The van der Waals surface area contributed by atoms with Gasteiger partial charge in [0.1, 0.15) is 11.5 Å². The lowest BCUT2D eigenvalue weighted by Gasteiger charge is -2.26. The molecule has 1 aliphatic rings. The minimum Gasteiger partial charge on any atom is -0.456 e. The Morgan fingerprint density at radius 3 is 2.48 bits per heavy atom. The third kappa shape index (κ3) is 2.02. The zero-order valence-corrected chi connectivity index (χ0v) is 14.5. The van der Waals surface area contributed by atoms with Crippen molar-refractivity contribution in [1.82, 2.24) is 0 Å². The fourth-order valence-corrected chi connectivity index (χ4v) is 4.03. The number of para-hydroxylation sites is 1. The van der Waals surface area contributed by atoms with E-state index in [4.69, 9.17) is 4.74 Å². The molecule has 0 aromatic heterocycles. The van der Waals surface area contributed by atoms with E-state index in [0.717, 1.165) is 17.9 Å². The fraction of sp³-hybridized carbons (Fsp3) is 0.167. The average Bonchev–Trinajstić information content (AvgIpc) is 2.67. The third-order valence-electron chi connectivity index (χ3n) is 5.54. The molecule has 1 aliphatic heterocycles. The lowest BCUT2D eigenvalue weighted by Crippen LogP contribution is -2.03. The van der Waals surface area contributed by atoms with Crippen LogP contribution in [-0.4, -0.2) is 0 Å². The summed E-state index contributed by atoms with van der Waals surface area (Å²) < 4.78 is 6.51. The van der Waals surface area contributed by atoms with Crippen LogP contribution >= 0.6 is 0 Å². The van der Waals surface area contributed by atoms with Gasteiger partial charge in [0.25, 0.3) is 0 Å². The van der Waals surface area contributed by atoms with Crippen LogP contribution < -0.4 is 4.74 Å². The Morgan fingerprint density at radius 2 is 1.60 bits per heavy atom. The molecule has 0 aliphatic carbocycles. The maximum atomic E-state index is 6.51. The van der Waals surface area contributed by atoms with Crippen LogP contribution in [0.3, 0.4) is 0 Å². The molecule has 4 aromatic carbocycles. The van der Waals surface area contributed by atoms with Crippen molar-refractivity contribution in [3.05, 3.63) is 72.3 Å². The zero-order valence-electron chi connectivity index (χ0n) is 14.5. The molecular weight excluding hydrogens is 304 g/mol. The Kier molecular flexibility index (Phi) is 3.11. The highest BCUT2D eigenvalue weighted by Gasteiger charge is 2.24. The van der Waals surface area contributed by atoms with Crippen LogP contribution in [0.1, 0.15) is 31.7 Å². The quantitative estimate of drug-likeness (QED) is 0.310. The number of ether oxygens (including phenoxy) is 1.